The van der Waals surface area contributed by atoms with Crippen LogP contribution in [0.5, 0.6) is 0 Å². The van der Waals surface area contributed by atoms with Gasteiger partial charge in [0.2, 0.25) is 0 Å². The van der Waals surface area contributed by atoms with Crippen molar-refractivity contribution >= 4 is 12.1 Å². The first-order valence-corrected chi connectivity index (χ1v) is 5.43. The highest BCUT2D eigenvalue weighted by atomic mass is 19.4. The maximum absolute atomic E-state index is 11.9. The number of amides is 1. The molecular formula is C10H14F3NO4. The molecule has 1 heterocycles. The van der Waals surface area contributed by atoms with Gasteiger partial charge >= 0.3 is 18.2 Å². The Hall–Kier alpha value is -1.47. The molecule has 0 radical (unpaired) electrons. The summed E-state index contributed by atoms with van der Waals surface area (Å²) in [7, 11) is 0. The number of carboxylic acid groups (broad SMARTS) is 1. The molecule has 1 aliphatic rings. The van der Waals surface area contributed by atoms with E-state index in [1.807, 2.05) is 0 Å². The zero-order chi connectivity index (χ0) is 13.9. The number of rotatable bonds is 2. The summed E-state index contributed by atoms with van der Waals surface area (Å²) in [6.45, 7) is 0.0518. The molecule has 0 aromatic heterocycles. The molecule has 8 heteroatoms. The number of ether oxygens (including phenoxy) is 1. The number of carbonyl (C=O) groups is 2. The highest BCUT2D eigenvalue weighted by Crippen LogP contribution is 2.24. The van der Waals surface area contributed by atoms with E-state index >= 15 is 0 Å². The van der Waals surface area contributed by atoms with Crippen LogP contribution in [0.2, 0.25) is 0 Å². The molecule has 0 aromatic carbocycles. The molecule has 5 nitrogen and oxygen atoms in total. The van der Waals surface area contributed by atoms with Gasteiger partial charge in [-0.25, -0.2) is 4.79 Å². The van der Waals surface area contributed by atoms with Crippen LogP contribution in [0.4, 0.5) is 18.0 Å². The first-order valence-electron chi connectivity index (χ1n) is 5.43. The Kier molecular flexibility index (Phi) is 4.42. The second kappa shape index (κ2) is 5.45. The fourth-order valence-electron chi connectivity index (χ4n) is 1.89. The van der Waals surface area contributed by atoms with E-state index in [4.69, 9.17) is 5.11 Å². The van der Waals surface area contributed by atoms with Crippen molar-refractivity contribution in [3.8, 4) is 0 Å². The Morgan fingerprint density at radius 2 is 2.06 bits per heavy atom. The number of aliphatic carboxylic acids is 1. The standard InChI is InChI=1S/C10H14F3NO4/c1-6-4-7(8(15)16)2-3-14(6)9(17)18-5-10(11,12)13/h6-7H,2-5H2,1H3,(H,15,16). The number of hydrogen-bond acceptors (Lipinski definition) is 3. The van der Waals surface area contributed by atoms with Gasteiger partial charge in [-0.2, -0.15) is 13.2 Å². The average Bonchev–Trinajstić information content (AvgIpc) is 2.24. The van der Waals surface area contributed by atoms with Crippen LogP contribution in [0.15, 0.2) is 0 Å². The monoisotopic (exact) mass is 269 g/mol. The average molecular weight is 269 g/mol. The number of carbonyl (C=O) groups excluding carboxylic acids is 1. The van der Waals surface area contributed by atoms with Crippen LogP contribution < -0.4 is 0 Å². The predicted molar refractivity (Wildman–Crippen MR) is 53.9 cm³/mol. The first-order chi connectivity index (χ1) is 8.20. The smallest absolute Gasteiger partial charge is 0.422 e. The van der Waals surface area contributed by atoms with Gasteiger partial charge in [0.25, 0.3) is 0 Å². The summed E-state index contributed by atoms with van der Waals surface area (Å²) in [6, 6.07) is -0.444. The molecule has 2 atom stereocenters. The second-order valence-corrected chi connectivity index (χ2v) is 4.27. The maximum atomic E-state index is 11.9. The Labute approximate surface area is 102 Å². The van der Waals surface area contributed by atoms with E-state index in [2.05, 4.69) is 4.74 Å². The molecular weight excluding hydrogens is 255 g/mol. The highest BCUT2D eigenvalue weighted by molar-refractivity contribution is 5.72. The molecule has 104 valence electrons. The molecule has 1 rings (SSSR count). The number of carboxylic acids is 1. The minimum Gasteiger partial charge on any atom is -0.481 e. The third-order valence-corrected chi connectivity index (χ3v) is 2.82. The zero-order valence-corrected chi connectivity index (χ0v) is 9.74. The van der Waals surface area contributed by atoms with Crippen LogP contribution in [0.3, 0.4) is 0 Å². The van der Waals surface area contributed by atoms with Gasteiger partial charge in [-0.1, -0.05) is 0 Å². The van der Waals surface area contributed by atoms with Crippen LogP contribution in [0, 0.1) is 5.92 Å². The largest absolute Gasteiger partial charge is 0.481 e. The number of hydrogen-bond donors (Lipinski definition) is 1. The minimum atomic E-state index is -4.56. The summed E-state index contributed by atoms with van der Waals surface area (Å²) in [5.74, 6) is -1.52. The fraction of sp³-hybridized carbons (Fsp3) is 0.800. The van der Waals surface area contributed by atoms with Crippen molar-refractivity contribution in [1.29, 1.82) is 0 Å². The Morgan fingerprint density at radius 3 is 2.50 bits per heavy atom. The summed E-state index contributed by atoms with van der Waals surface area (Å²) >= 11 is 0. The molecule has 1 amide bonds. The lowest BCUT2D eigenvalue weighted by Crippen LogP contribution is -2.46. The number of alkyl halides is 3. The van der Waals surface area contributed by atoms with Crippen molar-refractivity contribution in [2.75, 3.05) is 13.2 Å². The Morgan fingerprint density at radius 1 is 1.44 bits per heavy atom. The van der Waals surface area contributed by atoms with Crippen LogP contribution in [-0.2, 0) is 9.53 Å². The maximum Gasteiger partial charge on any atom is 0.422 e. The van der Waals surface area contributed by atoms with E-state index in [1.54, 1.807) is 6.92 Å². The van der Waals surface area contributed by atoms with E-state index in [1.165, 1.54) is 0 Å². The lowest BCUT2D eigenvalue weighted by molar-refractivity contribution is -0.163. The van der Waals surface area contributed by atoms with Crippen LogP contribution in [-0.4, -0.2) is 47.4 Å². The molecule has 1 fully saturated rings. The molecule has 0 aromatic rings. The quantitative estimate of drug-likeness (QED) is 0.831. The summed E-state index contributed by atoms with van der Waals surface area (Å²) in [5.41, 5.74) is 0. The SMILES string of the molecule is CC1CC(C(=O)O)CCN1C(=O)OCC(F)(F)F. The van der Waals surface area contributed by atoms with E-state index in [0.717, 1.165) is 4.90 Å². The first kappa shape index (κ1) is 14.6. The fourth-order valence-corrected chi connectivity index (χ4v) is 1.89. The molecule has 0 saturated carbocycles. The Balaban J connectivity index is 2.48. The molecule has 0 aliphatic carbocycles. The van der Waals surface area contributed by atoms with Gasteiger partial charge in [-0.05, 0) is 19.8 Å². The summed E-state index contributed by atoms with van der Waals surface area (Å²) in [6.07, 6.45) is -5.17. The van der Waals surface area contributed by atoms with Crippen molar-refractivity contribution in [3.63, 3.8) is 0 Å². The van der Waals surface area contributed by atoms with Gasteiger partial charge in [0.15, 0.2) is 6.61 Å². The third-order valence-electron chi connectivity index (χ3n) is 2.82. The molecule has 1 saturated heterocycles. The minimum absolute atomic E-state index is 0.0921. The van der Waals surface area contributed by atoms with E-state index < -0.39 is 36.8 Å². The van der Waals surface area contributed by atoms with E-state index in [9.17, 15) is 22.8 Å². The summed E-state index contributed by atoms with van der Waals surface area (Å²) in [5, 5.41) is 8.81. The third kappa shape index (κ3) is 4.08. The van der Waals surface area contributed by atoms with Crippen LogP contribution >= 0.6 is 0 Å². The van der Waals surface area contributed by atoms with E-state index in [0.29, 0.717) is 0 Å². The van der Waals surface area contributed by atoms with Gasteiger partial charge in [-0.15, -0.1) is 0 Å². The molecule has 0 spiro atoms. The van der Waals surface area contributed by atoms with Gasteiger partial charge in [0.05, 0.1) is 5.92 Å². The van der Waals surface area contributed by atoms with Gasteiger partial charge in [0, 0.05) is 12.6 Å². The van der Waals surface area contributed by atoms with E-state index in [-0.39, 0.29) is 19.4 Å². The Bertz CT molecular complexity index is 332. The van der Waals surface area contributed by atoms with Gasteiger partial charge < -0.3 is 14.7 Å². The number of halogens is 3. The summed E-state index contributed by atoms with van der Waals surface area (Å²) < 4.78 is 39.8. The predicted octanol–water partition coefficient (Wildman–Crippen LogP) is 1.87. The van der Waals surface area contributed by atoms with Crippen molar-refractivity contribution in [3.05, 3.63) is 0 Å². The number of nitrogens with zero attached hydrogens (tertiary/aromatic N) is 1. The normalized spacial score (nSPS) is 24.8. The number of piperidine rings is 1. The van der Waals surface area contributed by atoms with Crippen molar-refractivity contribution in [1.82, 2.24) is 4.90 Å². The molecule has 2 unspecified atom stereocenters. The van der Waals surface area contributed by atoms with Crippen molar-refractivity contribution in [2.45, 2.75) is 32.0 Å². The lowest BCUT2D eigenvalue weighted by atomic mass is 9.92. The second-order valence-electron chi connectivity index (χ2n) is 4.27. The lowest BCUT2D eigenvalue weighted by Gasteiger charge is -2.35. The molecule has 1 aliphatic heterocycles. The van der Waals surface area contributed by atoms with Crippen LogP contribution in [0.1, 0.15) is 19.8 Å². The summed E-state index contributed by atoms with van der Waals surface area (Å²) in [4.78, 5) is 23.3. The number of likely N-dealkylation sites (tertiary alicyclic amines) is 1. The molecule has 0 bridgehead atoms. The highest BCUT2D eigenvalue weighted by Gasteiger charge is 2.35. The van der Waals surface area contributed by atoms with Crippen molar-refractivity contribution in [2.24, 2.45) is 5.92 Å². The van der Waals surface area contributed by atoms with Gasteiger partial charge in [0.1, 0.15) is 0 Å². The van der Waals surface area contributed by atoms with Crippen LogP contribution in [0.25, 0.3) is 0 Å². The van der Waals surface area contributed by atoms with Crippen molar-refractivity contribution < 1.29 is 32.6 Å². The topological polar surface area (TPSA) is 66.8 Å². The molecule has 18 heavy (non-hydrogen) atoms. The van der Waals surface area contributed by atoms with Gasteiger partial charge in [-0.3, -0.25) is 4.79 Å². The molecule has 1 N–H and O–H groups in total. The zero-order valence-electron chi connectivity index (χ0n) is 9.74.